The highest BCUT2D eigenvalue weighted by Crippen LogP contribution is 2.12. The van der Waals surface area contributed by atoms with E-state index in [0.29, 0.717) is 18.7 Å². The second-order valence-corrected chi connectivity index (χ2v) is 5.04. The van der Waals surface area contributed by atoms with Gasteiger partial charge in [-0.05, 0) is 31.5 Å². The highest BCUT2D eigenvalue weighted by atomic mass is 16.5. The smallest absolute Gasteiger partial charge is 0.337 e. The van der Waals surface area contributed by atoms with Gasteiger partial charge in [-0.1, -0.05) is 12.1 Å². The number of benzene rings is 1. The summed E-state index contributed by atoms with van der Waals surface area (Å²) in [5, 5.41) is 3.17. The molecule has 1 aromatic rings. The number of hydrogen-bond donors (Lipinski definition) is 2. The molecule has 0 aliphatic carbocycles. The summed E-state index contributed by atoms with van der Waals surface area (Å²) in [4.78, 5) is 22.4. The third kappa shape index (κ3) is 4.37. The molecule has 1 amide bonds. The molecule has 1 aromatic carbocycles. The maximum absolute atomic E-state index is 11.3. The standard InChI is InChI=1S/C14H20N2O3/c1-14(2,13(15)18)9-16-8-10-4-6-11(7-5-10)12(17)19-3/h4-7,16H,8-9H2,1-3H3,(H2,15,18). The number of amides is 1. The molecule has 0 aliphatic heterocycles. The molecule has 0 aromatic heterocycles. The SMILES string of the molecule is COC(=O)c1ccc(CNCC(C)(C)C(N)=O)cc1. The normalized spacial score (nSPS) is 11.1. The van der Waals surface area contributed by atoms with Gasteiger partial charge >= 0.3 is 5.97 Å². The van der Waals surface area contributed by atoms with Crippen LogP contribution in [0.15, 0.2) is 24.3 Å². The van der Waals surface area contributed by atoms with E-state index in [1.165, 1.54) is 7.11 Å². The second kappa shape index (κ2) is 6.33. The lowest BCUT2D eigenvalue weighted by Gasteiger charge is -2.20. The summed E-state index contributed by atoms with van der Waals surface area (Å²) < 4.78 is 4.62. The van der Waals surface area contributed by atoms with Gasteiger partial charge in [0.05, 0.1) is 18.1 Å². The molecule has 0 spiro atoms. The quantitative estimate of drug-likeness (QED) is 0.753. The third-order valence-corrected chi connectivity index (χ3v) is 2.94. The monoisotopic (exact) mass is 264 g/mol. The van der Waals surface area contributed by atoms with E-state index in [0.717, 1.165) is 5.56 Å². The fraction of sp³-hybridized carbons (Fsp3) is 0.429. The Hall–Kier alpha value is -1.88. The Morgan fingerprint density at radius 3 is 2.32 bits per heavy atom. The molecule has 0 aliphatic rings. The lowest BCUT2D eigenvalue weighted by molar-refractivity contribution is -0.125. The summed E-state index contributed by atoms with van der Waals surface area (Å²) in [5.74, 6) is -0.685. The molecule has 0 radical (unpaired) electrons. The molecular formula is C14H20N2O3. The first-order chi connectivity index (χ1) is 8.86. The van der Waals surface area contributed by atoms with Gasteiger partial charge in [0.1, 0.15) is 0 Å². The average molecular weight is 264 g/mol. The number of nitrogens with one attached hydrogen (secondary N) is 1. The Kier molecular flexibility index (Phi) is 5.06. The summed E-state index contributed by atoms with van der Waals surface area (Å²) in [7, 11) is 1.35. The molecule has 0 bridgehead atoms. The maximum atomic E-state index is 11.3. The van der Waals surface area contributed by atoms with Crippen molar-refractivity contribution in [3.8, 4) is 0 Å². The predicted molar refractivity (Wildman–Crippen MR) is 72.5 cm³/mol. The van der Waals surface area contributed by atoms with Gasteiger partial charge in [-0.15, -0.1) is 0 Å². The molecule has 0 fully saturated rings. The Labute approximate surface area is 113 Å². The second-order valence-electron chi connectivity index (χ2n) is 5.04. The van der Waals surface area contributed by atoms with Gasteiger partial charge in [-0.25, -0.2) is 4.79 Å². The first-order valence-electron chi connectivity index (χ1n) is 6.04. The Balaban J connectivity index is 2.51. The first kappa shape index (κ1) is 15.2. The van der Waals surface area contributed by atoms with E-state index in [9.17, 15) is 9.59 Å². The molecule has 0 saturated carbocycles. The third-order valence-electron chi connectivity index (χ3n) is 2.94. The highest BCUT2D eigenvalue weighted by molar-refractivity contribution is 5.89. The fourth-order valence-electron chi connectivity index (χ4n) is 1.48. The molecule has 5 nitrogen and oxygen atoms in total. The molecule has 0 unspecified atom stereocenters. The van der Waals surface area contributed by atoms with Crippen LogP contribution in [-0.2, 0) is 16.1 Å². The number of carbonyl (C=O) groups is 2. The van der Waals surface area contributed by atoms with Crippen molar-refractivity contribution in [3.05, 3.63) is 35.4 Å². The molecule has 104 valence electrons. The minimum Gasteiger partial charge on any atom is -0.465 e. The Bertz CT molecular complexity index is 452. The van der Waals surface area contributed by atoms with Gasteiger partial charge in [-0.2, -0.15) is 0 Å². The number of esters is 1. The molecular weight excluding hydrogens is 244 g/mol. The van der Waals surface area contributed by atoms with Gasteiger partial charge in [0.15, 0.2) is 0 Å². The van der Waals surface area contributed by atoms with Crippen molar-refractivity contribution in [3.63, 3.8) is 0 Å². The van der Waals surface area contributed by atoms with Crippen LogP contribution in [0.5, 0.6) is 0 Å². The van der Waals surface area contributed by atoms with Gasteiger partial charge in [0, 0.05) is 13.1 Å². The number of methoxy groups -OCH3 is 1. The largest absolute Gasteiger partial charge is 0.465 e. The molecule has 0 atom stereocenters. The van der Waals surface area contributed by atoms with Crippen LogP contribution in [0.2, 0.25) is 0 Å². The molecule has 19 heavy (non-hydrogen) atoms. The zero-order valence-corrected chi connectivity index (χ0v) is 11.5. The van der Waals surface area contributed by atoms with Crippen LogP contribution >= 0.6 is 0 Å². The van der Waals surface area contributed by atoms with Gasteiger partial charge in [-0.3, -0.25) is 4.79 Å². The van der Waals surface area contributed by atoms with Crippen LogP contribution in [0.4, 0.5) is 0 Å². The van der Waals surface area contributed by atoms with Crippen molar-refractivity contribution < 1.29 is 14.3 Å². The van der Waals surface area contributed by atoms with Gasteiger partial charge < -0.3 is 15.8 Å². The summed E-state index contributed by atoms with van der Waals surface area (Å²) in [6.07, 6.45) is 0. The van der Waals surface area contributed by atoms with Crippen LogP contribution in [-0.4, -0.2) is 25.5 Å². The fourth-order valence-corrected chi connectivity index (χ4v) is 1.48. The van der Waals surface area contributed by atoms with Crippen LogP contribution in [0.1, 0.15) is 29.8 Å². The molecule has 0 heterocycles. The van der Waals surface area contributed by atoms with Crippen molar-refractivity contribution >= 4 is 11.9 Å². The van der Waals surface area contributed by atoms with Gasteiger partial charge in [0.2, 0.25) is 5.91 Å². The number of rotatable bonds is 6. The van der Waals surface area contributed by atoms with Crippen molar-refractivity contribution in [1.82, 2.24) is 5.32 Å². The summed E-state index contributed by atoms with van der Waals surface area (Å²) >= 11 is 0. The van der Waals surface area contributed by atoms with Crippen LogP contribution in [0.3, 0.4) is 0 Å². The summed E-state index contributed by atoms with van der Waals surface area (Å²) in [6, 6.07) is 7.11. The average Bonchev–Trinajstić information content (AvgIpc) is 2.38. The van der Waals surface area contributed by atoms with Crippen molar-refractivity contribution in [2.45, 2.75) is 20.4 Å². The zero-order valence-electron chi connectivity index (χ0n) is 11.5. The molecule has 1 rings (SSSR count). The minimum absolute atomic E-state index is 0.332. The molecule has 0 saturated heterocycles. The van der Waals surface area contributed by atoms with Crippen LogP contribution in [0, 0.1) is 5.41 Å². The molecule has 3 N–H and O–H groups in total. The van der Waals surface area contributed by atoms with Crippen LogP contribution < -0.4 is 11.1 Å². The molecule has 5 heteroatoms. The van der Waals surface area contributed by atoms with E-state index < -0.39 is 5.41 Å². The number of ether oxygens (including phenoxy) is 1. The lowest BCUT2D eigenvalue weighted by Crippen LogP contribution is -2.40. The van der Waals surface area contributed by atoms with Gasteiger partial charge in [0.25, 0.3) is 0 Å². The van der Waals surface area contributed by atoms with E-state index in [-0.39, 0.29) is 11.9 Å². The van der Waals surface area contributed by atoms with E-state index in [1.54, 1.807) is 26.0 Å². The summed E-state index contributed by atoms with van der Waals surface area (Å²) in [5.41, 5.74) is 6.25. The van der Waals surface area contributed by atoms with E-state index in [2.05, 4.69) is 10.1 Å². The highest BCUT2D eigenvalue weighted by Gasteiger charge is 2.23. The minimum atomic E-state index is -0.577. The maximum Gasteiger partial charge on any atom is 0.337 e. The number of primary amides is 1. The number of carbonyl (C=O) groups excluding carboxylic acids is 2. The lowest BCUT2D eigenvalue weighted by atomic mass is 9.93. The van der Waals surface area contributed by atoms with E-state index in [4.69, 9.17) is 5.73 Å². The number of nitrogens with two attached hydrogens (primary N) is 1. The number of hydrogen-bond acceptors (Lipinski definition) is 4. The Morgan fingerprint density at radius 2 is 1.84 bits per heavy atom. The van der Waals surface area contributed by atoms with E-state index >= 15 is 0 Å². The first-order valence-corrected chi connectivity index (χ1v) is 6.04. The van der Waals surface area contributed by atoms with Crippen molar-refractivity contribution in [2.24, 2.45) is 11.1 Å². The topological polar surface area (TPSA) is 81.4 Å². The zero-order chi connectivity index (χ0) is 14.5. The summed E-state index contributed by atoms with van der Waals surface area (Å²) in [6.45, 7) is 4.70. The van der Waals surface area contributed by atoms with E-state index in [1.807, 2.05) is 12.1 Å². The van der Waals surface area contributed by atoms with Crippen LogP contribution in [0.25, 0.3) is 0 Å². The predicted octanol–water partition coefficient (Wildman–Crippen LogP) is 1.07. The Morgan fingerprint density at radius 1 is 1.26 bits per heavy atom. The van der Waals surface area contributed by atoms with Crippen molar-refractivity contribution in [1.29, 1.82) is 0 Å². The van der Waals surface area contributed by atoms with Crippen molar-refractivity contribution in [2.75, 3.05) is 13.7 Å².